The van der Waals surface area contributed by atoms with Gasteiger partial charge in [-0.3, -0.25) is 0 Å². The van der Waals surface area contributed by atoms with Gasteiger partial charge in [-0.15, -0.1) is 0 Å². The van der Waals surface area contributed by atoms with Crippen LogP contribution in [-0.4, -0.2) is 0 Å². The first-order valence-electron chi connectivity index (χ1n) is 7.46. The van der Waals surface area contributed by atoms with E-state index in [0.29, 0.717) is 5.56 Å². The van der Waals surface area contributed by atoms with E-state index in [9.17, 15) is 4.39 Å². The van der Waals surface area contributed by atoms with Crippen LogP contribution in [0.25, 0.3) is 22.8 Å². The summed E-state index contributed by atoms with van der Waals surface area (Å²) in [6.07, 6.45) is 2.92. The third kappa shape index (κ3) is 2.15. The van der Waals surface area contributed by atoms with Crippen LogP contribution in [0.2, 0.25) is 0 Å². The maximum Gasteiger partial charge on any atom is 0.130 e. The smallest absolute Gasteiger partial charge is 0.130 e. The Hall–Kier alpha value is -2.67. The van der Waals surface area contributed by atoms with Gasteiger partial charge in [-0.05, 0) is 46.4 Å². The van der Waals surface area contributed by atoms with E-state index < -0.39 is 0 Å². The highest BCUT2D eigenvalue weighted by Crippen LogP contribution is 2.37. The van der Waals surface area contributed by atoms with Crippen molar-refractivity contribution in [2.24, 2.45) is 0 Å². The van der Waals surface area contributed by atoms with Crippen LogP contribution in [0, 0.1) is 5.82 Å². The van der Waals surface area contributed by atoms with Crippen molar-refractivity contribution in [3.05, 3.63) is 95.3 Å². The number of fused-ring (bicyclic) bond motifs is 1. The molecule has 0 saturated heterocycles. The topological polar surface area (TPSA) is 0 Å². The third-order valence-corrected chi connectivity index (χ3v) is 4.20. The molecule has 0 heterocycles. The Morgan fingerprint density at radius 1 is 0.682 bits per heavy atom. The number of rotatable bonds is 2. The summed E-state index contributed by atoms with van der Waals surface area (Å²) in [5.41, 5.74) is 6.65. The molecular formula is C21H15F. The van der Waals surface area contributed by atoms with E-state index in [1.807, 2.05) is 30.3 Å². The Labute approximate surface area is 129 Å². The minimum Gasteiger partial charge on any atom is -0.206 e. The lowest BCUT2D eigenvalue weighted by Gasteiger charge is -2.07. The summed E-state index contributed by atoms with van der Waals surface area (Å²) in [4.78, 5) is 0. The van der Waals surface area contributed by atoms with E-state index in [4.69, 9.17) is 0 Å². The SMILES string of the molecule is Fc1ccccc1C1=Cc2c(cccc2-c2ccccc2)C1. The van der Waals surface area contributed by atoms with E-state index in [1.54, 1.807) is 6.07 Å². The summed E-state index contributed by atoms with van der Waals surface area (Å²) < 4.78 is 14.0. The zero-order chi connectivity index (χ0) is 14.9. The molecule has 0 fully saturated rings. The van der Waals surface area contributed by atoms with Crippen molar-refractivity contribution in [3.8, 4) is 11.1 Å². The number of benzene rings is 3. The van der Waals surface area contributed by atoms with Gasteiger partial charge in [-0.25, -0.2) is 4.39 Å². The van der Waals surface area contributed by atoms with Gasteiger partial charge in [0.25, 0.3) is 0 Å². The monoisotopic (exact) mass is 286 g/mol. The molecule has 1 aliphatic rings. The van der Waals surface area contributed by atoms with Crippen LogP contribution in [0.15, 0.2) is 72.8 Å². The molecule has 3 aromatic carbocycles. The zero-order valence-corrected chi connectivity index (χ0v) is 12.1. The third-order valence-electron chi connectivity index (χ3n) is 4.20. The molecule has 0 radical (unpaired) electrons. The van der Waals surface area contributed by atoms with Crippen molar-refractivity contribution >= 4 is 11.6 Å². The van der Waals surface area contributed by atoms with Crippen LogP contribution < -0.4 is 0 Å². The van der Waals surface area contributed by atoms with Crippen LogP contribution >= 0.6 is 0 Å². The first kappa shape index (κ1) is 13.0. The van der Waals surface area contributed by atoms with Crippen molar-refractivity contribution in [2.75, 3.05) is 0 Å². The summed E-state index contributed by atoms with van der Waals surface area (Å²) in [5.74, 6) is -0.150. The van der Waals surface area contributed by atoms with Gasteiger partial charge in [0.1, 0.15) is 5.82 Å². The van der Waals surface area contributed by atoms with Crippen LogP contribution in [0.3, 0.4) is 0 Å². The number of hydrogen-bond acceptors (Lipinski definition) is 0. The average Bonchev–Trinajstić information content (AvgIpc) is 3.00. The average molecular weight is 286 g/mol. The molecule has 0 aromatic heterocycles. The number of allylic oxidation sites excluding steroid dienone is 1. The Kier molecular flexibility index (Phi) is 3.12. The number of hydrogen-bond donors (Lipinski definition) is 0. The fourth-order valence-corrected chi connectivity index (χ4v) is 3.13. The lowest BCUT2D eigenvalue weighted by molar-refractivity contribution is 0.623. The predicted molar refractivity (Wildman–Crippen MR) is 89.9 cm³/mol. The first-order chi connectivity index (χ1) is 10.8. The molecule has 106 valence electrons. The van der Waals surface area contributed by atoms with Gasteiger partial charge in [0.15, 0.2) is 0 Å². The molecule has 0 aliphatic heterocycles. The van der Waals surface area contributed by atoms with Crippen LogP contribution in [0.5, 0.6) is 0 Å². The summed E-state index contributed by atoms with van der Waals surface area (Å²) in [6, 6.07) is 23.7. The molecule has 3 aromatic rings. The predicted octanol–water partition coefficient (Wildman–Crippen LogP) is 5.59. The summed E-state index contributed by atoms with van der Waals surface area (Å²) in [7, 11) is 0. The molecule has 0 N–H and O–H groups in total. The van der Waals surface area contributed by atoms with Crippen LogP contribution in [-0.2, 0) is 6.42 Å². The second kappa shape index (κ2) is 5.27. The van der Waals surface area contributed by atoms with E-state index in [1.165, 1.54) is 28.3 Å². The van der Waals surface area contributed by atoms with E-state index in [-0.39, 0.29) is 5.82 Å². The second-order valence-electron chi connectivity index (χ2n) is 5.57. The lowest BCUT2D eigenvalue weighted by atomic mass is 9.97. The number of halogens is 1. The van der Waals surface area contributed by atoms with Gasteiger partial charge in [0.05, 0.1) is 0 Å². The highest BCUT2D eigenvalue weighted by molar-refractivity contribution is 5.93. The Bertz CT molecular complexity index is 860. The molecule has 0 atom stereocenters. The van der Waals surface area contributed by atoms with E-state index in [2.05, 4.69) is 36.4 Å². The molecule has 4 rings (SSSR count). The molecule has 0 unspecified atom stereocenters. The molecule has 0 amide bonds. The molecule has 0 spiro atoms. The fourth-order valence-electron chi connectivity index (χ4n) is 3.13. The van der Waals surface area contributed by atoms with E-state index in [0.717, 1.165) is 12.0 Å². The highest BCUT2D eigenvalue weighted by Gasteiger charge is 2.19. The largest absolute Gasteiger partial charge is 0.206 e. The minimum atomic E-state index is -0.150. The quantitative estimate of drug-likeness (QED) is 0.576. The van der Waals surface area contributed by atoms with Crippen molar-refractivity contribution < 1.29 is 4.39 Å². The molecular weight excluding hydrogens is 271 g/mol. The van der Waals surface area contributed by atoms with Gasteiger partial charge in [-0.2, -0.15) is 0 Å². The van der Waals surface area contributed by atoms with Crippen molar-refractivity contribution in [1.82, 2.24) is 0 Å². The summed E-state index contributed by atoms with van der Waals surface area (Å²) in [5, 5.41) is 0. The normalized spacial score (nSPS) is 12.9. The molecule has 22 heavy (non-hydrogen) atoms. The molecule has 0 bridgehead atoms. The lowest BCUT2D eigenvalue weighted by Crippen LogP contribution is -1.90. The molecule has 0 nitrogen and oxygen atoms in total. The van der Waals surface area contributed by atoms with Gasteiger partial charge in [0.2, 0.25) is 0 Å². The van der Waals surface area contributed by atoms with Crippen LogP contribution in [0.4, 0.5) is 4.39 Å². The van der Waals surface area contributed by atoms with Gasteiger partial charge < -0.3 is 0 Å². The summed E-state index contributed by atoms with van der Waals surface area (Å²) >= 11 is 0. The fraction of sp³-hybridized carbons (Fsp3) is 0.0476. The second-order valence-corrected chi connectivity index (χ2v) is 5.57. The van der Waals surface area contributed by atoms with Crippen molar-refractivity contribution in [3.63, 3.8) is 0 Å². The molecule has 1 aliphatic carbocycles. The van der Waals surface area contributed by atoms with E-state index >= 15 is 0 Å². The van der Waals surface area contributed by atoms with Gasteiger partial charge >= 0.3 is 0 Å². The Morgan fingerprint density at radius 3 is 2.23 bits per heavy atom. The maximum atomic E-state index is 14.0. The highest BCUT2D eigenvalue weighted by atomic mass is 19.1. The molecule has 1 heteroatoms. The minimum absolute atomic E-state index is 0.150. The maximum absolute atomic E-state index is 14.0. The Balaban J connectivity index is 1.84. The Morgan fingerprint density at radius 2 is 1.41 bits per heavy atom. The van der Waals surface area contributed by atoms with Crippen molar-refractivity contribution in [2.45, 2.75) is 6.42 Å². The zero-order valence-electron chi connectivity index (χ0n) is 12.1. The van der Waals surface area contributed by atoms with Gasteiger partial charge in [0, 0.05) is 5.56 Å². The van der Waals surface area contributed by atoms with Crippen molar-refractivity contribution in [1.29, 1.82) is 0 Å². The standard InChI is InChI=1S/C21H15F/c22-21-12-5-4-10-19(21)17-13-16-9-6-11-18(20(16)14-17)15-7-2-1-3-8-15/h1-12,14H,13H2. The first-order valence-corrected chi connectivity index (χ1v) is 7.46. The summed E-state index contributed by atoms with van der Waals surface area (Å²) in [6.45, 7) is 0. The molecule has 0 saturated carbocycles. The van der Waals surface area contributed by atoms with Gasteiger partial charge in [-0.1, -0.05) is 66.7 Å². The van der Waals surface area contributed by atoms with Crippen LogP contribution in [0.1, 0.15) is 16.7 Å².